The predicted molar refractivity (Wildman–Crippen MR) is 79.5 cm³/mol. The number of hydrogen-bond acceptors (Lipinski definition) is 4. The number of carbonyl (C=O) groups is 3. The number of carboxylic acids is 2. The van der Waals surface area contributed by atoms with Gasteiger partial charge in [0.15, 0.2) is 0 Å². The molecular weight excluding hydrogens is 296 g/mol. The van der Waals surface area contributed by atoms with E-state index in [-0.39, 0.29) is 18.9 Å². The predicted octanol–water partition coefficient (Wildman–Crippen LogP) is 1.28. The van der Waals surface area contributed by atoms with Crippen LogP contribution in [0.2, 0.25) is 0 Å². The summed E-state index contributed by atoms with van der Waals surface area (Å²) in [6.45, 7) is 2.10. The van der Waals surface area contributed by atoms with E-state index >= 15 is 0 Å². The first kappa shape index (κ1) is 17.6. The molecule has 3 unspecified atom stereocenters. The second kappa shape index (κ2) is 8.76. The first-order valence-electron chi connectivity index (χ1n) is 7.05. The van der Waals surface area contributed by atoms with Crippen LogP contribution in [-0.2, 0) is 9.59 Å². The molecule has 0 heterocycles. The van der Waals surface area contributed by atoms with Gasteiger partial charge in [-0.25, -0.2) is 9.59 Å². The monoisotopic (exact) mass is 318 g/mol. The lowest BCUT2D eigenvalue weighted by Gasteiger charge is -2.17. The summed E-state index contributed by atoms with van der Waals surface area (Å²) >= 11 is 1.87. The van der Waals surface area contributed by atoms with Gasteiger partial charge in [-0.15, -0.1) is 0 Å². The van der Waals surface area contributed by atoms with Crippen LogP contribution in [0.3, 0.4) is 0 Å². The van der Waals surface area contributed by atoms with Crippen LogP contribution in [-0.4, -0.2) is 51.3 Å². The first-order valence-corrected chi connectivity index (χ1v) is 8.10. The van der Waals surface area contributed by atoms with Crippen molar-refractivity contribution in [3.05, 3.63) is 0 Å². The van der Waals surface area contributed by atoms with E-state index < -0.39 is 24.0 Å². The zero-order valence-electron chi connectivity index (χ0n) is 12.0. The Morgan fingerprint density at radius 1 is 1.29 bits per heavy atom. The molecule has 0 aromatic rings. The Labute approximate surface area is 127 Å². The van der Waals surface area contributed by atoms with Crippen LogP contribution < -0.4 is 10.6 Å². The van der Waals surface area contributed by atoms with Gasteiger partial charge in [-0.1, -0.05) is 6.92 Å². The maximum absolute atomic E-state index is 11.8. The average Bonchev–Trinajstić information content (AvgIpc) is 2.81. The standard InChI is InChI=1S/C13H22N2O5S/c1-2-21-9-4-3-8(7-9)14-13(20)15-10(12(18)19)5-6-11(16)17/h8-10H,2-7H2,1H3,(H,16,17)(H,18,19)(H2,14,15,20). The minimum atomic E-state index is -1.22. The van der Waals surface area contributed by atoms with Crippen molar-refractivity contribution >= 4 is 29.7 Å². The molecule has 0 aromatic carbocycles. The number of carbonyl (C=O) groups excluding carboxylic acids is 1. The van der Waals surface area contributed by atoms with Gasteiger partial charge in [-0.05, 0) is 31.4 Å². The summed E-state index contributed by atoms with van der Waals surface area (Å²) in [5.41, 5.74) is 0. The number of nitrogens with one attached hydrogen (secondary N) is 2. The van der Waals surface area contributed by atoms with Crippen molar-refractivity contribution in [2.24, 2.45) is 0 Å². The van der Waals surface area contributed by atoms with Crippen molar-refractivity contribution in [1.29, 1.82) is 0 Å². The quantitative estimate of drug-likeness (QED) is 0.536. The van der Waals surface area contributed by atoms with E-state index in [1.54, 1.807) is 0 Å². The van der Waals surface area contributed by atoms with Gasteiger partial charge >= 0.3 is 18.0 Å². The van der Waals surface area contributed by atoms with Gasteiger partial charge in [0.1, 0.15) is 6.04 Å². The van der Waals surface area contributed by atoms with Crippen LogP contribution in [0.1, 0.15) is 39.0 Å². The van der Waals surface area contributed by atoms with Crippen LogP contribution in [0.25, 0.3) is 0 Å². The summed E-state index contributed by atoms with van der Waals surface area (Å²) in [4.78, 5) is 33.2. The van der Waals surface area contributed by atoms with E-state index in [1.807, 2.05) is 11.8 Å². The summed E-state index contributed by atoms with van der Waals surface area (Å²) < 4.78 is 0. The van der Waals surface area contributed by atoms with Gasteiger partial charge in [0.25, 0.3) is 0 Å². The Balaban J connectivity index is 2.37. The summed E-state index contributed by atoms with van der Waals surface area (Å²) in [5.74, 6) is -1.27. The number of amides is 2. The van der Waals surface area contributed by atoms with Crippen molar-refractivity contribution in [2.75, 3.05) is 5.75 Å². The number of thioether (sulfide) groups is 1. The fourth-order valence-electron chi connectivity index (χ4n) is 2.37. The van der Waals surface area contributed by atoms with E-state index in [1.165, 1.54) is 0 Å². The summed E-state index contributed by atoms with van der Waals surface area (Å²) in [5, 5.41) is 23.2. The van der Waals surface area contributed by atoms with E-state index in [4.69, 9.17) is 10.2 Å². The van der Waals surface area contributed by atoms with E-state index in [9.17, 15) is 14.4 Å². The molecule has 120 valence electrons. The van der Waals surface area contributed by atoms with Crippen molar-refractivity contribution in [1.82, 2.24) is 10.6 Å². The van der Waals surface area contributed by atoms with Gasteiger partial charge in [0.2, 0.25) is 0 Å². The van der Waals surface area contributed by atoms with Crippen molar-refractivity contribution in [2.45, 2.75) is 56.4 Å². The van der Waals surface area contributed by atoms with Crippen molar-refractivity contribution in [3.8, 4) is 0 Å². The fourth-order valence-corrected chi connectivity index (χ4v) is 3.51. The molecule has 4 N–H and O–H groups in total. The van der Waals surface area contributed by atoms with Crippen LogP contribution in [0.5, 0.6) is 0 Å². The summed E-state index contributed by atoms with van der Waals surface area (Å²) in [6, 6.07) is -1.66. The Kier molecular flexibility index (Phi) is 7.35. The zero-order valence-corrected chi connectivity index (χ0v) is 12.8. The number of aliphatic carboxylic acids is 2. The highest BCUT2D eigenvalue weighted by Crippen LogP contribution is 2.29. The van der Waals surface area contributed by atoms with Gasteiger partial charge in [0, 0.05) is 17.7 Å². The fraction of sp³-hybridized carbons (Fsp3) is 0.769. The highest BCUT2D eigenvalue weighted by Gasteiger charge is 2.27. The Bertz CT molecular complexity index is 391. The molecule has 21 heavy (non-hydrogen) atoms. The molecule has 0 aliphatic heterocycles. The van der Waals surface area contributed by atoms with Crippen LogP contribution >= 0.6 is 11.8 Å². The van der Waals surface area contributed by atoms with E-state index in [0.29, 0.717) is 5.25 Å². The number of urea groups is 1. The van der Waals surface area contributed by atoms with Crippen LogP contribution in [0.4, 0.5) is 4.79 Å². The molecule has 0 spiro atoms. The maximum atomic E-state index is 11.8. The number of hydrogen-bond donors (Lipinski definition) is 4. The first-order chi connectivity index (χ1) is 9.92. The zero-order chi connectivity index (χ0) is 15.8. The number of carboxylic acid groups (broad SMARTS) is 2. The third-order valence-corrected chi connectivity index (χ3v) is 4.61. The SMILES string of the molecule is CCSC1CCC(NC(=O)NC(CCC(=O)O)C(=O)O)C1. The molecule has 1 saturated carbocycles. The van der Waals surface area contributed by atoms with Crippen molar-refractivity contribution < 1.29 is 24.6 Å². The topological polar surface area (TPSA) is 116 Å². The van der Waals surface area contributed by atoms with E-state index in [0.717, 1.165) is 25.0 Å². The van der Waals surface area contributed by atoms with Crippen LogP contribution in [0, 0.1) is 0 Å². The third kappa shape index (κ3) is 6.70. The molecule has 0 bridgehead atoms. The Morgan fingerprint density at radius 2 is 2.00 bits per heavy atom. The minimum Gasteiger partial charge on any atom is -0.481 e. The largest absolute Gasteiger partial charge is 0.481 e. The molecule has 1 fully saturated rings. The molecule has 1 rings (SSSR count). The lowest BCUT2D eigenvalue weighted by molar-refractivity contribution is -0.140. The highest BCUT2D eigenvalue weighted by molar-refractivity contribution is 7.99. The molecule has 3 atom stereocenters. The molecule has 2 amide bonds. The smallest absolute Gasteiger partial charge is 0.326 e. The average molecular weight is 318 g/mol. The molecular formula is C13H22N2O5S. The lowest BCUT2D eigenvalue weighted by Crippen LogP contribution is -2.48. The second-order valence-electron chi connectivity index (χ2n) is 5.03. The third-order valence-electron chi connectivity index (χ3n) is 3.37. The summed E-state index contributed by atoms with van der Waals surface area (Å²) in [7, 11) is 0. The second-order valence-corrected chi connectivity index (χ2v) is 6.61. The summed E-state index contributed by atoms with van der Waals surface area (Å²) in [6.07, 6.45) is 2.40. The molecule has 1 aliphatic carbocycles. The maximum Gasteiger partial charge on any atom is 0.326 e. The highest BCUT2D eigenvalue weighted by atomic mass is 32.2. The molecule has 0 saturated heterocycles. The molecule has 0 radical (unpaired) electrons. The number of rotatable bonds is 8. The van der Waals surface area contributed by atoms with Gasteiger partial charge in [0.05, 0.1) is 0 Å². The normalized spacial score (nSPS) is 22.5. The molecule has 8 heteroatoms. The van der Waals surface area contributed by atoms with Crippen LogP contribution in [0.15, 0.2) is 0 Å². The lowest BCUT2D eigenvalue weighted by atomic mass is 10.1. The Morgan fingerprint density at radius 3 is 2.57 bits per heavy atom. The molecule has 7 nitrogen and oxygen atoms in total. The molecule has 0 aromatic heterocycles. The minimum absolute atomic E-state index is 0.0583. The van der Waals surface area contributed by atoms with Gasteiger partial charge in [-0.2, -0.15) is 11.8 Å². The van der Waals surface area contributed by atoms with E-state index in [2.05, 4.69) is 17.6 Å². The van der Waals surface area contributed by atoms with Gasteiger partial charge < -0.3 is 20.8 Å². The molecule has 1 aliphatic rings. The van der Waals surface area contributed by atoms with Gasteiger partial charge in [-0.3, -0.25) is 4.79 Å². The van der Waals surface area contributed by atoms with Crippen molar-refractivity contribution in [3.63, 3.8) is 0 Å². The Hall–Kier alpha value is -1.44.